The lowest BCUT2D eigenvalue weighted by molar-refractivity contribution is -0.149. The smallest absolute Gasteiger partial charge is 0.305 e. The van der Waals surface area contributed by atoms with Gasteiger partial charge in [-0.3, -0.25) is 14.4 Å². The van der Waals surface area contributed by atoms with Crippen LogP contribution in [0.4, 0.5) is 0 Å². The Kier molecular flexibility index (Phi) is 10.8. The van der Waals surface area contributed by atoms with Crippen LogP contribution in [0.25, 0.3) is 0 Å². The maximum Gasteiger partial charge on any atom is 0.305 e. The molecule has 1 atom stereocenters. The third-order valence-corrected chi connectivity index (χ3v) is 4.49. The number of ether oxygens (including phenoxy) is 2. The number of methoxy groups -OCH3 is 1. The molecule has 28 heavy (non-hydrogen) atoms. The molecule has 0 saturated carbocycles. The summed E-state index contributed by atoms with van der Waals surface area (Å²) in [5.41, 5.74) is -0.592. The zero-order chi connectivity index (χ0) is 20.8. The summed E-state index contributed by atoms with van der Waals surface area (Å²) >= 11 is 0. The van der Waals surface area contributed by atoms with Gasteiger partial charge in [0.1, 0.15) is 0 Å². The van der Waals surface area contributed by atoms with Gasteiger partial charge in [0, 0.05) is 25.3 Å². The van der Waals surface area contributed by atoms with E-state index in [1.165, 1.54) is 33.0 Å². The van der Waals surface area contributed by atoms with E-state index in [9.17, 15) is 14.4 Å². The summed E-state index contributed by atoms with van der Waals surface area (Å²) in [6.45, 7) is 3.51. The first-order valence-electron chi connectivity index (χ1n) is 9.97. The highest BCUT2D eigenvalue weighted by molar-refractivity contribution is 6.09. The second kappa shape index (κ2) is 12.9. The van der Waals surface area contributed by atoms with Gasteiger partial charge in [0.15, 0.2) is 11.4 Å². The first-order valence-corrected chi connectivity index (χ1v) is 9.97. The molecule has 0 N–H and O–H groups in total. The molecule has 5 nitrogen and oxygen atoms in total. The van der Waals surface area contributed by atoms with Crippen LogP contribution in [0.15, 0.2) is 48.1 Å². The average Bonchev–Trinajstić information content (AvgIpc) is 2.96. The van der Waals surface area contributed by atoms with Crippen molar-refractivity contribution in [2.45, 2.75) is 70.8 Å². The molecular formula is C23H32O5. The Morgan fingerprint density at radius 2 is 1.86 bits per heavy atom. The Balaban J connectivity index is 2.79. The maximum atomic E-state index is 12.3. The highest BCUT2D eigenvalue weighted by Gasteiger charge is 2.41. The van der Waals surface area contributed by atoms with E-state index < -0.39 is 11.6 Å². The number of rotatable bonds is 12. The predicted molar refractivity (Wildman–Crippen MR) is 110 cm³/mol. The summed E-state index contributed by atoms with van der Waals surface area (Å²) in [5.74, 6) is -0.812. The summed E-state index contributed by atoms with van der Waals surface area (Å²) in [4.78, 5) is 35.1. The largest absolute Gasteiger partial charge is 0.469 e. The van der Waals surface area contributed by atoms with Crippen LogP contribution in [0, 0.1) is 0 Å². The van der Waals surface area contributed by atoms with Gasteiger partial charge in [-0.2, -0.15) is 0 Å². The van der Waals surface area contributed by atoms with Crippen LogP contribution >= 0.6 is 0 Å². The van der Waals surface area contributed by atoms with E-state index in [4.69, 9.17) is 4.74 Å². The second-order valence-electron chi connectivity index (χ2n) is 6.83. The third-order valence-electron chi connectivity index (χ3n) is 4.49. The molecule has 0 saturated heterocycles. The number of unbranched alkanes of at least 4 members (excludes halogenated alkanes) is 4. The van der Waals surface area contributed by atoms with Crippen molar-refractivity contribution in [1.82, 2.24) is 0 Å². The summed E-state index contributed by atoms with van der Waals surface area (Å²) in [7, 11) is 1.37. The fourth-order valence-electron chi connectivity index (χ4n) is 3.00. The topological polar surface area (TPSA) is 69.7 Å². The fraction of sp³-hybridized carbons (Fsp3) is 0.522. The Labute approximate surface area is 168 Å². The van der Waals surface area contributed by atoms with Crippen LogP contribution in [-0.4, -0.2) is 30.4 Å². The number of allylic oxidation sites excluding steroid dienone is 5. The van der Waals surface area contributed by atoms with E-state index in [1.54, 1.807) is 18.2 Å². The molecule has 0 fully saturated rings. The standard InChI is InChI=1S/C23H32O5/c1-4-5-6-7-10-13-17-23(28-19(2)24)18-16-21(25)20(23)14-11-8-9-12-15-22(26)27-3/h8,10-11,13-14,16,18H,4-7,9,12,15,17H2,1-3H3/b11-8+,13-10+,20-14+. The first-order chi connectivity index (χ1) is 13.4. The number of hydrogen-bond donors (Lipinski definition) is 0. The van der Waals surface area contributed by atoms with Gasteiger partial charge in [-0.15, -0.1) is 0 Å². The molecule has 154 valence electrons. The molecule has 0 amide bonds. The molecule has 1 rings (SSSR count). The van der Waals surface area contributed by atoms with Crippen LogP contribution in [0.2, 0.25) is 0 Å². The van der Waals surface area contributed by atoms with Crippen LogP contribution in [0.1, 0.15) is 65.2 Å². The molecule has 0 aromatic carbocycles. The summed E-state index contributed by atoms with van der Waals surface area (Å²) in [5, 5.41) is 0. The van der Waals surface area contributed by atoms with Crippen molar-refractivity contribution < 1.29 is 23.9 Å². The Bertz CT molecular complexity index is 654. The Hall–Kier alpha value is -2.43. The molecule has 0 aliphatic heterocycles. The van der Waals surface area contributed by atoms with Gasteiger partial charge < -0.3 is 9.47 Å². The molecule has 1 aliphatic rings. The molecule has 5 heteroatoms. The van der Waals surface area contributed by atoms with Crippen LogP contribution in [-0.2, 0) is 23.9 Å². The minimum absolute atomic E-state index is 0.153. The lowest BCUT2D eigenvalue weighted by atomic mass is 9.91. The van der Waals surface area contributed by atoms with Gasteiger partial charge in [0.2, 0.25) is 0 Å². The number of ketones is 1. The number of carbonyl (C=O) groups excluding carboxylic acids is 3. The molecule has 0 heterocycles. The Morgan fingerprint density at radius 1 is 1.11 bits per heavy atom. The monoisotopic (exact) mass is 388 g/mol. The van der Waals surface area contributed by atoms with Gasteiger partial charge in [-0.05, 0) is 37.8 Å². The average molecular weight is 389 g/mol. The molecule has 0 radical (unpaired) electrons. The van der Waals surface area contributed by atoms with Crippen LogP contribution in [0.3, 0.4) is 0 Å². The molecular weight excluding hydrogens is 356 g/mol. The maximum absolute atomic E-state index is 12.3. The van der Waals surface area contributed by atoms with Crippen LogP contribution < -0.4 is 0 Å². The fourth-order valence-corrected chi connectivity index (χ4v) is 3.00. The summed E-state index contributed by atoms with van der Waals surface area (Å²) in [6, 6.07) is 0. The van der Waals surface area contributed by atoms with Crippen molar-refractivity contribution in [2.75, 3.05) is 7.11 Å². The molecule has 0 aromatic heterocycles. The quantitative estimate of drug-likeness (QED) is 0.208. The van der Waals surface area contributed by atoms with Crippen molar-refractivity contribution in [3.8, 4) is 0 Å². The first kappa shape index (κ1) is 23.6. The molecule has 0 spiro atoms. The van der Waals surface area contributed by atoms with Crippen molar-refractivity contribution in [1.29, 1.82) is 0 Å². The highest BCUT2D eigenvalue weighted by Crippen LogP contribution is 2.34. The van der Waals surface area contributed by atoms with Crippen molar-refractivity contribution in [2.24, 2.45) is 0 Å². The molecule has 1 unspecified atom stereocenters. The van der Waals surface area contributed by atoms with E-state index in [0.29, 0.717) is 31.3 Å². The van der Waals surface area contributed by atoms with Gasteiger partial charge in [-0.25, -0.2) is 0 Å². The number of hydrogen-bond acceptors (Lipinski definition) is 5. The molecule has 0 aromatic rings. The summed E-state index contributed by atoms with van der Waals surface area (Å²) < 4.78 is 10.2. The lowest BCUT2D eigenvalue weighted by Crippen LogP contribution is -2.33. The van der Waals surface area contributed by atoms with E-state index in [1.807, 2.05) is 12.2 Å². The SMILES string of the molecule is CCCCC/C=C/CC1(OC(C)=O)C=CC(=O)/C1=C\C=C\CCCC(=O)OC. The summed E-state index contributed by atoms with van der Waals surface area (Å²) in [6.07, 6.45) is 19.2. The van der Waals surface area contributed by atoms with Gasteiger partial charge >= 0.3 is 11.9 Å². The minimum atomic E-state index is -1.04. The van der Waals surface area contributed by atoms with Crippen molar-refractivity contribution in [3.63, 3.8) is 0 Å². The van der Waals surface area contributed by atoms with Crippen molar-refractivity contribution >= 4 is 17.7 Å². The lowest BCUT2D eigenvalue weighted by Gasteiger charge is -2.27. The Morgan fingerprint density at radius 3 is 2.54 bits per heavy atom. The number of esters is 2. The zero-order valence-electron chi connectivity index (χ0n) is 17.2. The van der Waals surface area contributed by atoms with Gasteiger partial charge in [0.25, 0.3) is 0 Å². The van der Waals surface area contributed by atoms with E-state index >= 15 is 0 Å². The van der Waals surface area contributed by atoms with Crippen molar-refractivity contribution in [3.05, 3.63) is 48.1 Å². The molecule has 0 bridgehead atoms. The van der Waals surface area contributed by atoms with Crippen LogP contribution in [0.5, 0.6) is 0 Å². The zero-order valence-corrected chi connectivity index (χ0v) is 17.2. The normalized spacial score (nSPS) is 20.5. The highest BCUT2D eigenvalue weighted by atomic mass is 16.6. The van der Waals surface area contributed by atoms with E-state index in [-0.39, 0.29) is 11.8 Å². The van der Waals surface area contributed by atoms with Gasteiger partial charge in [0.05, 0.1) is 7.11 Å². The minimum Gasteiger partial charge on any atom is -0.469 e. The van der Waals surface area contributed by atoms with Gasteiger partial charge in [-0.1, -0.05) is 50.1 Å². The third kappa shape index (κ3) is 8.07. The number of carbonyl (C=O) groups is 3. The molecule has 1 aliphatic carbocycles. The predicted octanol–water partition coefficient (Wildman–Crippen LogP) is 4.78. The van der Waals surface area contributed by atoms with E-state index in [2.05, 4.69) is 17.7 Å². The van der Waals surface area contributed by atoms with E-state index in [0.717, 1.165) is 12.8 Å². The second-order valence-corrected chi connectivity index (χ2v) is 6.83.